The Hall–Kier alpha value is -3.35. The van der Waals surface area contributed by atoms with Gasteiger partial charge in [0.05, 0.1) is 25.3 Å². The molecule has 30 heavy (non-hydrogen) atoms. The first-order chi connectivity index (χ1) is 14.5. The molecular formula is C23H27N3O4. The third-order valence-electron chi connectivity index (χ3n) is 4.92. The summed E-state index contributed by atoms with van der Waals surface area (Å²) in [5, 5.41) is 2.86. The minimum absolute atomic E-state index is 0.0683. The van der Waals surface area contributed by atoms with Crippen LogP contribution in [0.1, 0.15) is 25.3 Å². The van der Waals surface area contributed by atoms with Gasteiger partial charge in [0, 0.05) is 12.2 Å². The molecule has 0 atom stereocenters. The largest absolute Gasteiger partial charge is 0.491 e. The van der Waals surface area contributed by atoms with Gasteiger partial charge in [-0.05, 0) is 37.1 Å². The minimum Gasteiger partial charge on any atom is -0.491 e. The molecule has 158 valence electrons. The van der Waals surface area contributed by atoms with Crippen LogP contribution in [0.3, 0.4) is 0 Å². The third kappa shape index (κ3) is 5.17. The second-order valence-electron chi connectivity index (χ2n) is 7.22. The van der Waals surface area contributed by atoms with Crippen molar-refractivity contribution in [1.29, 1.82) is 0 Å². The summed E-state index contributed by atoms with van der Waals surface area (Å²) in [6.45, 7) is 4.37. The van der Waals surface area contributed by atoms with Crippen molar-refractivity contribution < 1.29 is 19.1 Å². The monoisotopic (exact) mass is 409 g/mol. The lowest BCUT2D eigenvalue weighted by molar-refractivity contribution is -0.134. The number of para-hydroxylation sites is 3. The molecule has 1 aliphatic rings. The molecule has 3 amide bonds. The first-order valence-electron chi connectivity index (χ1n) is 10.1. The number of amides is 3. The molecule has 0 aromatic heterocycles. The van der Waals surface area contributed by atoms with Gasteiger partial charge in [0.25, 0.3) is 0 Å². The Labute approximate surface area is 176 Å². The smallest absolute Gasteiger partial charge is 0.244 e. The fourth-order valence-corrected chi connectivity index (χ4v) is 3.37. The van der Waals surface area contributed by atoms with Crippen LogP contribution in [0.25, 0.3) is 0 Å². The van der Waals surface area contributed by atoms with E-state index in [1.807, 2.05) is 44.2 Å². The molecule has 2 aromatic rings. The first kappa shape index (κ1) is 21.4. The van der Waals surface area contributed by atoms with Crippen molar-refractivity contribution in [3.05, 3.63) is 54.1 Å². The van der Waals surface area contributed by atoms with E-state index in [-0.39, 0.29) is 43.8 Å². The number of aryl methyl sites for hydroxylation is 1. The molecular weight excluding hydrogens is 382 g/mol. The number of benzene rings is 2. The number of ether oxygens (including phenoxy) is 1. The summed E-state index contributed by atoms with van der Waals surface area (Å²) in [4.78, 5) is 41.1. The van der Waals surface area contributed by atoms with Crippen LogP contribution in [0.15, 0.2) is 48.5 Å². The van der Waals surface area contributed by atoms with Gasteiger partial charge in [0.2, 0.25) is 17.7 Å². The van der Waals surface area contributed by atoms with E-state index < -0.39 is 0 Å². The fraction of sp³-hybridized carbons (Fsp3) is 0.348. The quantitative estimate of drug-likeness (QED) is 0.763. The Morgan fingerprint density at radius 2 is 1.87 bits per heavy atom. The molecule has 0 bridgehead atoms. The maximum Gasteiger partial charge on any atom is 0.244 e. The summed E-state index contributed by atoms with van der Waals surface area (Å²) in [5.41, 5.74) is 2.25. The maximum absolute atomic E-state index is 13.0. The number of anilines is 2. The van der Waals surface area contributed by atoms with Gasteiger partial charge in [0.1, 0.15) is 12.3 Å². The predicted octanol–water partition coefficient (Wildman–Crippen LogP) is 2.99. The van der Waals surface area contributed by atoms with Crippen molar-refractivity contribution in [2.75, 3.05) is 36.5 Å². The SMILES string of the molecule is CCCN(CC(=O)Nc1ccccc1C)C(=O)CN1C(=O)CCOc2ccccc21. The van der Waals surface area contributed by atoms with Crippen LogP contribution in [-0.2, 0) is 14.4 Å². The van der Waals surface area contributed by atoms with Gasteiger partial charge in [-0.2, -0.15) is 0 Å². The Balaban J connectivity index is 1.71. The Morgan fingerprint density at radius 1 is 1.13 bits per heavy atom. The van der Waals surface area contributed by atoms with Gasteiger partial charge in [0.15, 0.2) is 0 Å². The topological polar surface area (TPSA) is 79.0 Å². The van der Waals surface area contributed by atoms with Crippen LogP contribution in [0.5, 0.6) is 5.75 Å². The number of carbonyl (C=O) groups excluding carboxylic acids is 3. The Morgan fingerprint density at radius 3 is 2.63 bits per heavy atom. The van der Waals surface area contributed by atoms with E-state index in [2.05, 4.69) is 5.32 Å². The van der Waals surface area contributed by atoms with Gasteiger partial charge >= 0.3 is 0 Å². The van der Waals surface area contributed by atoms with Gasteiger partial charge in [-0.25, -0.2) is 0 Å². The zero-order chi connectivity index (χ0) is 21.5. The second-order valence-corrected chi connectivity index (χ2v) is 7.22. The number of nitrogens with zero attached hydrogens (tertiary/aromatic N) is 2. The molecule has 1 aliphatic heterocycles. The van der Waals surface area contributed by atoms with E-state index in [9.17, 15) is 14.4 Å². The normalized spacial score (nSPS) is 13.1. The van der Waals surface area contributed by atoms with E-state index in [1.54, 1.807) is 18.2 Å². The Kier molecular flexibility index (Phi) is 7.06. The molecule has 3 rings (SSSR count). The van der Waals surface area contributed by atoms with E-state index in [0.717, 1.165) is 11.3 Å². The summed E-state index contributed by atoms with van der Waals surface area (Å²) < 4.78 is 5.63. The average molecular weight is 409 g/mol. The van der Waals surface area contributed by atoms with Crippen LogP contribution in [0.4, 0.5) is 11.4 Å². The van der Waals surface area contributed by atoms with Crippen LogP contribution < -0.4 is 15.0 Å². The summed E-state index contributed by atoms with van der Waals surface area (Å²) >= 11 is 0. The number of rotatable bonds is 7. The number of hydrogen-bond acceptors (Lipinski definition) is 4. The van der Waals surface area contributed by atoms with Gasteiger partial charge in [-0.15, -0.1) is 0 Å². The molecule has 0 fully saturated rings. The molecule has 0 saturated heterocycles. The summed E-state index contributed by atoms with van der Waals surface area (Å²) in [7, 11) is 0. The highest BCUT2D eigenvalue weighted by Crippen LogP contribution is 2.30. The fourth-order valence-electron chi connectivity index (χ4n) is 3.37. The van der Waals surface area contributed by atoms with Gasteiger partial charge < -0.3 is 15.0 Å². The van der Waals surface area contributed by atoms with Crippen molar-refractivity contribution in [3.8, 4) is 5.75 Å². The van der Waals surface area contributed by atoms with Crippen LogP contribution in [-0.4, -0.2) is 48.9 Å². The second kappa shape index (κ2) is 9.91. The lowest BCUT2D eigenvalue weighted by atomic mass is 10.2. The van der Waals surface area contributed by atoms with Crippen LogP contribution in [0.2, 0.25) is 0 Å². The molecule has 0 unspecified atom stereocenters. The number of nitrogens with one attached hydrogen (secondary N) is 1. The summed E-state index contributed by atoms with van der Waals surface area (Å²) in [5.74, 6) is -0.136. The summed E-state index contributed by atoms with van der Waals surface area (Å²) in [6, 6.07) is 14.7. The zero-order valence-electron chi connectivity index (χ0n) is 17.4. The lowest BCUT2D eigenvalue weighted by Crippen LogP contribution is -2.45. The average Bonchev–Trinajstić information content (AvgIpc) is 2.88. The standard InChI is InChI=1S/C23H27N3O4/c1-3-13-25(15-21(27)24-18-9-5-4-8-17(18)2)23(29)16-26-19-10-6-7-11-20(19)30-14-12-22(26)28/h4-11H,3,12-16H2,1-2H3,(H,24,27). The van der Waals surface area contributed by atoms with Crippen LogP contribution in [0, 0.1) is 6.92 Å². The van der Waals surface area contributed by atoms with Crippen molar-refractivity contribution in [1.82, 2.24) is 4.90 Å². The van der Waals surface area contributed by atoms with E-state index >= 15 is 0 Å². The zero-order valence-corrected chi connectivity index (χ0v) is 17.4. The first-order valence-corrected chi connectivity index (χ1v) is 10.1. The maximum atomic E-state index is 13.0. The highest BCUT2D eigenvalue weighted by Gasteiger charge is 2.27. The summed E-state index contributed by atoms with van der Waals surface area (Å²) in [6.07, 6.45) is 0.903. The van der Waals surface area contributed by atoms with Gasteiger partial charge in [-0.1, -0.05) is 37.3 Å². The van der Waals surface area contributed by atoms with Crippen molar-refractivity contribution >= 4 is 29.1 Å². The number of carbonyl (C=O) groups is 3. The van der Waals surface area contributed by atoms with E-state index in [1.165, 1.54) is 9.80 Å². The molecule has 7 nitrogen and oxygen atoms in total. The molecule has 2 aromatic carbocycles. The number of fused-ring (bicyclic) bond motifs is 1. The molecule has 0 radical (unpaired) electrons. The highest BCUT2D eigenvalue weighted by molar-refractivity contribution is 6.01. The predicted molar refractivity (Wildman–Crippen MR) is 116 cm³/mol. The van der Waals surface area contributed by atoms with E-state index in [0.29, 0.717) is 24.4 Å². The van der Waals surface area contributed by atoms with Gasteiger partial charge in [-0.3, -0.25) is 19.3 Å². The molecule has 0 spiro atoms. The highest BCUT2D eigenvalue weighted by atomic mass is 16.5. The minimum atomic E-state index is -0.276. The van der Waals surface area contributed by atoms with Crippen molar-refractivity contribution in [2.24, 2.45) is 0 Å². The molecule has 0 saturated carbocycles. The third-order valence-corrected chi connectivity index (χ3v) is 4.92. The molecule has 0 aliphatic carbocycles. The molecule has 7 heteroatoms. The number of hydrogen-bond donors (Lipinski definition) is 1. The van der Waals surface area contributed by atoms with E-state index in [4.69, 9.17) is 4.74 Å². The molecule has 1 heterocycles. The van der Waals surface area contributed by atoms with Crippen LogP contribution >= 0.6 is 0 Å². The lowest BCUT2D eigenvalue weighted by Gasteiger charge is -2.27. The van der Waals surface area contributed by atoms with Crippen molar-refractivity contribution in [2.45, 2.75) is 26.7 Å². The van der Waals surface area contributed by atoms with Crippen molar-refractivity contribution in [3.63, 3.8) is 0 Å². The Bertz CT molecular complexity index is 928. The molecule has 1 N–H and O–H groups in total.